The van der Waals surface area contributed by atoms with Crippen molar-refractivity contribution in [2.45, 2.75) is 20.4 Å². The molecule has 4 nitrogen and oxygen atoms in total. The third kappa shape index (κ3) is 3.19. The van der Waals surface area contributed by atoms with Crippen molar-refractivity contribution in [1.29, 1.82) is 0 Å². The number of ketones is 1. The van der Waals surface area contributed by atoms with E-state index in [0.29, 0.717) is 18.9 Å². The molecule has 1 aromatic carbocycles. The highest BCUT2D eigenvalue weighted by Gasteiger charge is 2.08. The number of Topliss-reactive ketones (excluding diaryl/α,β-unsaturated/α-hetero) is 1. The predicted octanol–water partition coefficient (Wildman–Crippen LogP) is 2.61. The van der Waals surface area contributed by atoms with E-state index in [0.717, 1.165) is 5.82 Å². The molecule has 0 fully saturated rings. The monoisotopic (exact) mass is 262 g/mol. The molecule has 19 heavy (non-hydrogen) atoms. The summed E-state index contributed by atoms with van der Waals surface area (Å²) < 4.78 is 20.9. The number of imidazole rings is 1. The molecule has 1 aromatic heterocycles. The lowest BCUT2D eigenvalue weighted by Gasteiger charge is -2.09. The van der Waals surface area contributed by atoms with E-state index in [9.17, 15) is 9.18 Å². The minimum Gasteiger partial charge on any atom is -0.492 e. The normalized spacial score (nSPS) is 10.5. The first kappa shape index (κ1) is 13.3. The molecule has 5 heteroatoms. The highest BCUT2D eigenvalue weighted by molar-refractivity contribution is 5.94. The van der Waals surface area contributed by atoms with Gasteiger partial charge in [0.1, 0.15) is 24.0 Å². The molecule has 2 rings (SSSR count). The summed E-state index contributed by atoms with van der Waals surface area (Å²) in [5, 5.41) is 0. The Morgan fingerprint density at radius 2 is 2.26 bits per heavy atom. The zero-order valence-electron chi connectivity index (χ0n) is 10.9. The molecule has 1 heterocycles. The number of nitrogens with zero attached hydrogens (tertiary/aromatic N) is 2. The van der Waals surface area contributed by atoms with Crippen LogP contribution < -0.4 is 4.74 Å². The van der Waals surface area contributed by atoms with Crippen LogP contribution in [0.4, 0.5) is 4.39 Å². The summed E-state index contributed by atoms with van der Waals surface area (Å²) in [6, 6.07) is 4.27. The summed E-state index contributed by atoms with van der Waals surface area (Å²) >= 11 is 0. The Labute approximate surface area is 110 Å². The van der Waals surface area contributed by atoms with Gasteiger partial charge in [0.25, 0.3) is 0 Å². The van der Waals surface area contributed by atoms with E-state index in [4.69, 9.17) is 4.74 Å². The summed E-state index contributed by atoms with van der Waals surface area (Å²) in [6.45, 7) is 4.29. The van der Waals surface area contributed by atoms with Gasteiger partial charge in [-0.05, 0) is 26.0 Å². The summed E-state index contributed by atoms with van der Waals surface area (Å²) in [5.41, 5.74) is 0.0813. The van der Waals surface area contributed by atoms with Crippen LogP contribution >= 0.6 is 0 Å². The van der Waals surface area contributed by atoms with Crippen LogP contribution in [0.2, 0.25) is 0 Å². The predicted molar refractivity (Wildman–Crippen MR) is 68.9 cm³/mol. The van der Waals surface area contributed by atoms with Gasteiger partial charge in [0, 0.05) is 18.5 Å². The highest BCUT2D eigenvalue weighted by Crippen LogP contribution is 2.17. The van der Waals surface area contributed by atoms with Crippen LogP contribution in [0.3, 0.4) is 0 Å². The number of halogens is 1. The second-order valence-corrected chi connectivity index (χ2v) is 4.21. The van der Waals surface area contributed by atoms with Crippen LogP contribution in [0.25, 0.3) is 0 Å². The van der Waals surface area contributed by atoms with Gasteiger partial charge in [-0.3, -0.25) is 4.79 Å². The molecule has 0 spiro atoms. The van der Waals surface area contributed by atoms with Crippen molar-refractivity contribution in [3.63, 3.8) is 0 Å². The summed E-state index contributed by atoms with van der Waals surface area (Å²) in [6.07, 6.45) is 3.58. The third-order valence-corrected chi connectivity index (χ3v) is 2.84. The van der Waals surface area contributed by atoms with Crippen molar-refractivity contribution in [2.24, 2.45) is 0 Å². The van der Waals surface area contributed by atoms with Crippen molar-refractivity contribution >= 4 is 5.78 Å². The quantitative estimate of drug-likeness (QED) is 0.778. The van der Waals surface area contributed by atoms with Gasteiger partial charge >= 0.3 is 0 Å². The Bertz CT molecular complexity index is 593. The maximum absolute atomic E-state index is 13.5. The number of rotatable bonds is 5. The molecule has 0 unspecified atom stereocenters. The number of carbonyl (C=O) groups excluding carboxylic acids is 1. The summed E-state index contributed by atoms with van der Waals surface area (Å²) in [4.78, 5) is 15.2. The number of carbonyl (C=O) groups is 1. The van der Waals surface area contributed by atoms with E-state index in [-0.39, 0.29) is 11.3 Å². The van der Waals surface area contributed by atoms with Crippen molar-refractivity contribution in [3.05, 3.63) is 47.8 Å². The maximum Gasteiger partial charge on any atom is 0.162 e. The molecule has 0 saturated carbocycles. The van der Waals surface area contributed by atoms with Gasteiger partial charge in [0.15, 0.2) is 5.78 Å². The van der Waals surface area contributed by atoms with E-state index in [2.05, 4.69) is 4.98 Å². The second-order valence-electron chi connectivity index (χ2n) is 4.21. The van der Waals surface area contributed by atoms with Crippen LogP contribution in [0.15, 0.2) is 30.6 Å². The standard InChI is InChI=1S/C14H15FN2O2/c1-10(18)13-4-3-12(9-14(13)15)19-8-7-17-6-5-16-11(17)2/h3-6,9H,7-8H2,1-2H3. The van der Waals surface area contributed by atoms with Gasteiger partial charge in [-0.25, -0.2) is 9.37 Å². The van der Waals surface area contributed by atoms with E-state index in [1.165, 1.54) is 19.1 Å². The molecule has 0 aliphatic carbocycles. The number of benzene rings is 1. The van der Waals surface area contributed by atoms with Gasteiger partial charge < -0.3 is 9.30 Å². The molecule has 0 amide bonds. The van der Waals surface area contributed by atoms with Crippen LogP contribution in [0, 0.1) is 12.7 Å². The van der Waals surface area contributed by atoms with Crippen LogP contribution in [-0.2, 0) is 6.54 Å². The lowest BCUT2D eigenvalue weighted by molar-refractivity contribution is 0.101. The average Bonchev–Trinajstić information content (AvgIpc) is 2.75. The minimum atomic E-state index is -0.552. The molecular formula is C14H15FN2O2. The smallest absolute Gasteiger partial charge is 0.162 e. The SMILES string of the molecule is CC(=O)c1ccc(OCCn2ccnc2C)cc1F. The lowest BCUT2D eigenvalue weighted by Crippen LogP contribution is -2.09. The van der Waals surface area contributed by atoms with Crippen molar-refractivity contribution in [2.75, 3.05) is 6.61 Å². The molecule has 0 saturated heterocycles. The van der Waals surface area contributed by atoms with Crippen molar-refractivity contribution in [3.8, 4) is 5.75 Å². The maximum atomic E-state index is 13.5. The molecule has 0 aliphatic heterocycles. The van der Waals surface area contributed by atoms with E-state index in [1.807, 2.05) is 17.7 Å². The first-order valence-corrected chi connectivity index (χ1v) is 5.99. The van der Waals surface area contributed by atoms with Crippen molar-refractivity contribution < 1.29 is 13.9 Å². The van der Waals surface area contributed by atoms with E-state index in [1.54, 1.807) is 12.3 Å². The zero-order valence-corrected chi connectivity index (χ0v) is 10.9. The average molecular weight is 262 g/mol. The van der Waals surface area contributed by atoms with Crippen molar-refractivity contribution in [1.82, 2.24) is 9.55 Å². The molecule has 0 bridgehead atoms. The summed E-state index contributed by atoms with van der Waals surface area (Å²) in [5.74, 6) is 0.476. The number of hydrogen-bond acceptors (Lipinski definition) is 3. The first-order valence-electron chi connectivity index (χ1n) is 5.99. The Hall–Kier alpha value is -2.17. The fraction of sp³-hybridized carbons (Fsp3) is 0.286. The third-order valence-electron chi connectivity index (χ3n) is 2.84. The Balaban J connectivity index is 1.95. The Morgan fingerprint density at radius 3 is 2.84 bits per heavy atom. The molecule has 0 atom stereocenters. The van der Waals surface area contributed by atoms with Crippen LogP contribution in [0.1, 0.15) is 23.1 Å². The molecule has 0 radical (unpaired) electrons. The van der Waals surface area contributed by atoms with E-state index >= 15 is 0 Å². The van der Waals surface area contributed by atoms with Crippen LogP contribution in [-0.4, -0.2) is 21.9 Å². The van der Waals surface area contributed by atoms with Gasteiger partial charge in [0.2, 0.25) is 0 Å². The van der Waals surface area contributed by atoms with Crippen LogP contribution in [0.5, 0.6) is 5.75 Å². The Kier molecular flexibility index (Phi) is 3.94. The largest absolute Gasteiger partial charge is 0.492 e. The molecule has 100 valence electrons. The number of aryl methyl sites for hydroxylation is 1. The molecular weight excluding hydrogens is 247 g/mol. The van der Waals surface area contributed by atoms with Gasteiger partial charge in [-0.1, -0.05) is 0 Å². The fourth-order valence-corrected chi connectivity index (χ4v) is 1.77. The van der Waals surface area contributed by atoms with Gasteiger partial charge in [0.05, 0.1) is 12.1 Å². The van der Waals surface area contributed by atoms with Gasteiger partial charge in [-0.15, -0.1) is 0 Å². The number of ether oxygens (including phenoxy) is 1. The molecule has 2 aromatic rings. The lowest BCUT2D eigenvalue weighted by atomic mass is 10.1. The van der Waals surface area contributed by atoms with Gasteiger partial charge in [-0.2, -0.15) is 0 Å². The highest BCUT2D eigenvalue weighted by atomic mass is 19.1. The second kappa shape index (κ2) is 5.65. The zero-order chi connectivity index (χ0) is 13.8. The molecule has 0 aliphatic rings. The topological polar surface area (TPSA) is 44.1 Å². The Morgan fingerprint density at radius 1 is 1.47 bits per heavy atom. The fourth-order valence-electron chi connectivity index (χ4n) is 1.77. The number of hydrogen-bond donors (Lipinski definition) is 0. The molecule has 0 N–H and O–H groups in total. The first-order chi connectivity index (χ1) is 9.08. The summed E-state index contributed by atoms with van der Waals surface area (Å²) in [7, 11) is 0. The minimum absolute atomic E-state index is 0.0813. The number of aromatic nitrogens is 2. The van der Waals surface area contributed by atoms with E-state index < -0.39 is 5.82 Å².